The molecular formula is C27H27N3O3. The molecule has 3 aromatic rings. The Morgan fingerprint density at radius 2 is 1.64 bits per heavy atom. The van der Waals surface area contributed by atoms with Crippen LogP contribution in [0.1, 0.15) is 27.9 Å². The number of benzene rings is 3. The van der Waals surface area contributed by atoms with Crippen molar-refractivity contribution in [3.8, 4) is 0 Å². The topological polar surface area (TPSA) is 78.5 Å². The lowest BCUT2D eigenvalue weighted by Gasteiger charge is -2.17. The summed E-state index contributed by atoms with van der Waals surface area (Å²) in [6, 6.07) is 24.5. The number of nitrogens with one attached hydrogen (secondary N) is 2. The molecule has 1 heterocycles. The first-order valence-corrected chi connectivity index (χ1v) is 11.1. The Labute approximate surface area is 193 Å². The summed E-state index contributed by atoms with van der Waals surface area (Å²) < 4.78 is 0. The van der Waals surface area contributed by atoms with Crippen LogP contribution in [0.3, 0.4) is 0 Å². The summed E-state index contributed by atoms with van der Waals surface area (Å²) in [7, 11) is 0. The highest BCUT2D eigenvalue weighted by atomic mass is 16.2. The second-order valence-electron chi connectivity index (χ2n) is 8.27. The minimum Gasteiger partial charge on any atom is -0.352 e. The lowest BCUT2D eigenvalue weighted by atomic mass is 10.1. The highest BCUT2D eigenvalue weighted by Crippen LogP contribution is 2.27. The molecule has 33 heavy (non-hydrogen) atoms. The maximum Gasteiger partial charge on any atom is 0.253 e. The Balaban J connectivity index is 1.38. The van der Waals surface area contributed by atoms with Gasteiger partial charge in [0.2, 0.25) is 11.8 Å². The average Bonchev–Trinajstić information content (AvgIpc) is 3.22. The highest BCUT2D eigenvalue weighted by molar-refractivity contribution is 6.07. The molecule has 1 atom stereocenters. The van der Waals surface area contributed by atoms with Crippen molar-refractivity contribution < 1.29 is 14.4 Å². The number of carbonyl (C=O) groups excluding carboxylic acids is 3. The van der Waals surface area contributed by atoms with Crippen LogP contribution in [0.15, 0.2) is 78.9 Å². The molecule has 2 N–H and O–H groups in total. The van der Waals surface area contributed by atoms with Crippen LogP contribution >= 0.6 is 0 Å². The Morgan fingerprint density at radius 3 is 2.39 bits per heavy atom. The van der Waals surface area contributed by atoms with E-state index in [1.807, 2.05) is 61.5 Å². The predicted octanol–water partition coefficient (Wildman–Crippen LogP) is 3.96. The zero-order valence-corrected chi connectivity index (χ0v) is 18.6. The number of nitrogens with zero attached hydrogens (tertiary/aromatic N) is 1. The predicted molar refractivity (Wildman–Crippen MR) is 129 cm³/mol. The lowest BCUT2D eigenvalue weighted by Crippen LogP contribution is -2.30. The molecule has 168 valence electrons. The number of para-hydroxylation sites is 1. The fraction of sp³-hybridized carbons (Fsp3) is 0.222. The largest absolute Gasteiger partial charge is 0.352 e. The van der Waals surface area contributed by atoms with E-state index in [-0.39, 0.29) is 24.1 Å². The molecule has 1 fully saturated rings. The number of amides is 3. The number of rotatable bonds is 7. The van der Waals surface area contributed by atoms with Gasteiger partial charge in [-0.1, -0.05) is 60.2 Å². The highest BCUT2D eigenvalue weighted by Gasteiger charge is 2.35. The number of anilines is 2. The molecule has 0 bridgehead atoms. The molecule has 4 rings (SSSR count). The summed E-state index contributed by atoms with van der Waals surface area (Å²) in [5.41, 5.74) is 3.89. The quantitative estimate of drug-likeness (QED) is 0.583. The molecule has 1 aliphatic rings. The molecular weight excluding hydrogens is 414 g/mol. The zero-order valence-electron chi connectivity index (χ0n) is 18.6. The van der Waals surface area contributed by atoms with Gasteiger partial charge < -0.3 is 15.5 Å². The number of carbonyl (C=O) groups is 3. The van der Waals surface area contributed by atoms with Crippen molar-refractivity contribution in [1.29, 1.82) is 0 Å². The molecule has 0 aromatic heterocycles. The standard InChI is InChI=1S/C27H27N3O3/c1-19-11-13-22(14-12-19)30-18-21(17-25(30)31)26(32)29-24-10-6-5-9-23(24)27(33)28-16-15-20-7-3-2-4-8-20/h2-14,21H,15-18H2,1H3,(H,28,33)(H,29,32)/t21-/m0/s1. The second-order valence-corrected chi connectivity index (χ2v) is 8.27. The van der Waals surface area contributed by atoms with E-state index in [0.717, 1.165) is 23.2 Å². The average molecular weight is 442 g/mol. The third kappa shape index (κ3) is 5.47. The van der Waals surface area contributed by atoms with Crippen molar-refractivity contribution >= 4 is 29.1 Å². The van der Waals surface area contributed by atoms with Crippen molar-refractivity contribution in [3.05, 3.63) is 95.6 Å². The van der Waals surface area contributed by atoms with E-state index in [4.69, 9.17) is 0 Å². The summed E-state index contributed by atoms with van der Waals surface area (Å²) in [5, 5.41) is 5.78. The van der Waals surface area contributed by atoms with E-state index in [1.165, 1.54) is 0 Å². The Bertz CT molecular complexity index is 1140. The van der Waals surface area contributed by atoms with Gasteiger partial charge in [-0.25, -0.2) is 0 Å². The Morgan fingerprint density at radius 1 is 0.939 bits per heavy atom. The van der Waals surface area contributed by atoms with Gasteiger partial charge in [0, 0.05) is 25.2 Å². The monoisotopic (exact) mass is 441 g/mol. The van der Waals surface area contributed by atoms with Gasteiger partial charge in [-0.15, -0.1) is 0 Å². The molecule has 1 saturated heterocycles. The van der Waals surface area contributed by atoms with Gasteiger partial charge in [0.15, 0.2) is 0 Å². The Hall–Kier alpha value is -3.93. The summed E-state index contributed by atoms with van der Waals surface area (Å²) in [5.74, 6) is -1.06. The van der Waals surface area contributed by atoms with E-state index in [0.29, 0.717) is 24.3 Å². The van der Waals surface area contributed by atoms with Crippen LogP contribution < -0.4 is 15.5 Å². The van der Waals surface area contributed by atoms with Crippen LogP contribution in [-0.2, 0) is 16.0 Å². The van der Waals surface area contributed by atoms with Crippen LogP contribution in [0.4, 0.5) is 11.4 Å². The minimum absolute atomic E-state index is 0.0778. The zero-order chi connectivity index (χ0) is 23.2. The van der Waals surface area contributed by atoms with Crippen LogP contribution in [0.5, 0.6) is 0 Å². The first-order valence-electron chi connectivity index (χ1n) is 11.1. The normalized spacial score (nSPS) is 15.4. The van der Waals surface area contributed by atoms with Crippen molar-refractivity contribution in [1.82, 2.24) is 5.32 Å². The summed E-state index contributed by atoms with van der Waals surface area (Å²) in [6.07, 6.45) is 0.866. The molecule has 6 nitrogen and oxygen atoms in total. The molecule has 0 radical (unpaired) electrons. The van der Waals surface area contributed by atoms with Crippen LogP contribution in [0, 0.1) is 12.8 Å². The maximum absolute atomic E-state index is 12.9. The molecule has 1 aliphatic heterocycles. The van der Waals surface area contributed by atoms with Gasteiger partial charge >= 0.3 is 0 Å². The second kappa shape index (κ2) is 10.1. The van der Waals surface area contributed by atoms with Gasteiger partial charge in [-0.05, 0) is 43.2 Å². The van der Waals surface area contributed by atoms with E-state index >= 15 is 0 Å². The van der Waals surface area contributed by atoms with Gasteiger partial charge in [-0.2, -0.15) is 0 Å². The third-order valence-corrected chi connectivity index (χ3v) is 5.81. The Kier molecular flexibility index (Phi) is 6.83. The molecule has 0 saturated carbocycles. The fourth-order valence-corrected chi connectivity index (χ4v) is 3.94. The minimum atomic E-state index is -0.479. The van der Waals surface area contributed by atoms with Crippen LogP contribution in [0.2, 0.25) is 0 Å². The molecule has 3 aromatic carbocycles. The fourth-order valence-electron chi connectivity index (χ4n) is 3.94. The molecule has 0 spiro atoms. The number of aryl methyl sites for hydroxylation is 1. The molecule has 0 unspecified atom stereocenters. The summed E-state index contributed by atoms with van der Waals surface area (Å²) in [4.78, 5) is 39.9. The van der Waals surface area contributed by atoms with E-state index < -0.39 is 5.92 Å². The number of hydrogen-bond donors (Lipinski definition) is 2. The van der Waals surface area contributed by atoms with E-state index in [9.17, 15) is 14.4 Å². The van der Waals surface area contributed by atoms with Crippen LogP contribution in [-0.4, -0.2) is 30.8 Å². The molecule has 0 aliphatic carbocycles. The van der Waals surface area contributed by atoms with E-state index in [2.05, 4.69) is 10.6 Å². The van der Waals surface area contributed by atoms with Gasteiger partial charge in [-0.3, -0.25) is 14.4 Å². The van der Waals surface area contributed by atoms with Gasteiger partial charge in [0.1, 0.15) is 0 Å². The first kappa shape index (κ1) is 22.3. The smallest absolute Gasteiger partial charge is 0.253 e. The molecule has 6 heteroatoms. The van der Waals surface area contributed by atoms with Crippen molar-refractivity contribution in [2.45, 2.75) is 19.8 Å². The maximum atomic E-state index is 12.9. The van der Waals surface area contributed by atoms with E-state index in [1.54, 1.807) is 29.2 Å². The SMILES string of the molecule is Cc1ccc(N2C[C@@H](C(=O)Nc3ccccc3C(=O)NCCc3ccccc3)CC2=O)cc1. The number of hydrogen-bond acceptors (Lipinski definition) is 3. The van der Waals surface area contributed by atoms with Crippen molar-refractivity contribution in [2.75, 3.05) is 23.3 Å². The summed E-state index contributed by atoms with van der Waals surface area (Å²) >= 11 is 0. The van der Waals surface area contributed by atoms with Crippen LogP contribution in [0.25, 0.3) is 0 Å². The van der Waals surface area contributed by atoms with Crippen molar-refractivity contribution in [2.24, 2.45) is 5.92 Å². The molecule has 3 amide bonds. The van der Waals surface area contributed by atoms with Gasteiger partial charge in [0.05, 0.1) is 17.2 Å². The van der Waals surface area contributed by atoms with Crippen molar-refractivity contribution in [3.63, 3.8) is 0 Å². The van der Waals surface area contributed by atoms with Gasteiger partial charge in [0.25, 0.3) is 5.91 Å². The lowest BCUT2D eigenvalue weighted by molar-refractivity contribution is -0.122. The summed E-state index contributed by atoms with van der Waals surface area (Å²) in [6.45, 7) is 2.80. The third-order valence-electron chi connectivity index (χ3n) is 5.81. The first-order chi connectivity index (χ1) is 16.0.